The minimum absolute atomic E-state index is 0.0990. The summed E-state index contributed by atoms with van der Waals surface area (Å²) >= 11 is 0. The van der Waals surface area contributed by atoms with Gasteiger partial charge in [-0.25, -0.2) is 0 Å². The lowest BCUT2D eigenvalue weighted by Crippen LogP contribution is -2.46. The first-order valence-electron chi connectivity index (χ1n) is 5.07. The summed E-state index contributed by atoms with van der Waals surface area (Å²) in [6, 6.07) is 0.193. The minimum atomic E-state index is -0.151. The molecule has 2 rings (SSSR count). The number of esters is 1. The zero-order valence-electron chi connectivity index (χ0n) is 8.36. The molecule has 4 heteroatoms. The predicted molar refractivity (Wildman–Crippen MR) is 49.8 cm³/mol. The quantitative estimate of drug-likeness (QED) is 0.569. The van der Waals surface area contributed by atoms with Crippen LogP contribution in [0.25, 0.3) is 0 Å². The smallest absolute Gasteiger partial charge is 0.323 e. The highest BCUT2D eigenvalue weighted by Gasteiger charge is 2.41. The molecule has 0 aromatic carbocycles. The van der Waals surface area contributed by atoms with Crippen molar-refractivity contribution in [1.82, 2.24) is 4.90 Å². The molecule has 78 valence electrons. The van der Waals surface area contributed by atoms with Gasteiger partial charge in [0.15, 0.2) is 0 Å². The third kappa shape index (κ3) is 1.54. The fraction of sp³-hybridized carbons (Fsp3) is 0.800. The summed E-state index contributed by atoms with van der Waals surface area (Å²) in [6.45, 7) is 0.725. The number of hydrogen-bond donors (Lipinski definition) is 0. The molecule has 2 fully saturated rings. The number of piperidine rings is 1. The molecule has 2 saturated heterocycles. The van der Waals surface area contributed by atoms with Gasteiger partial charge in [-0.15, -0.1) is 0 Å². The first-order chi connectivity index (χ1) is 6.72. The number of ether oxygens (including phenoxy) is 1. The molecule has 4 nitrogen and oxygen atoms in total. The molecule has 0 unspecified atom stereocenters. The Morgan fingerprint density at radius 3 is 3.00 bits per heavy atom. The molecule has 2 atom stereocenters. The fourth-order valence-corrected chi connectivity index (χ4v) is 2.50. The van der Waals surface area contributed by atoms with Crippen LogP contribution in [-0.2, 0) is 14.3 Å². The second-order valence-electron chi connectivity index (χ2n) is 4.00. The SMILES string of the molecule is COC(=O)[C@@H]1CC[C@H]2CC(=O)CCN21. The third-order valence-electron chi connectivity index (χ3n) is 3.23. The molecule has 2 heterocycles. The Morgan fingerprint density at radius 2 is 2.29 bits per heavy atom. The van der Waals surface area contributed by atoms with E-state index in [0.717, 1.165) is 19.4 Å². The Balaban J connectivity index is 2.05. The fourth-order valence-electron chi connectivity index (χ4n) is 2.50. The van der Waals surface area contributed by atoms with Crippen molar-refractivity contribution < 1.29 is 14.3 Å². The Hall–Kier alpha value is -0.900. The Bertz CT molecular complexity index is 264. The van der Waals surface area contributed by atoms with Crippen LogP contribution in [0.3, 0.4) is 0 Å². The molecule has 0 aromatic heterocycles. The van der Waals surface area contributed by atoms with E-state index in [1.165, 1.54) is 7.11 Å². The number of rotatable bonds is 1. The molecule has 2 aliphatic rings. The molecule has 0 aliphatic carbocycles. The van der Waals surface area contributed by atoms with E-state index in [4.69, 9.17) is 4.74 Å². The van der Waals surface area contributed by atoms with Crippen LogP contribution in [-0.4, -0.2) is 42.4 Å². The van der Waals surface area contributed by atoms with Gasteiger partial charge in [0, 0.05) is 25.4 Å². The summed E-state index contributed by atoms with van der Waals surface area (Å²) in [5, 5.41) is 0. The maximum absolute atomic E-state index is 11.4. The summed E-state index contributed by atoms with van der Waals surface area (Å²) in [6.07, 6.45) is 2.99. The van der Waals surface area contributed by atoms with Crippen LogP contribution in [0.15, 0.2) is 0 Å². The zero-order chi connectivity index (χ0) is 10.1. The Labute approximate surface area is 83.2 Å². The maximum Gasteiger partial charge on any atom is 0.323 e. The van der Waals surface area contributed by atoms with Crippen molar-refractivity contribution in [2.45, 2.75) is 37.8 Å². The van der Waals surface area contributed by atoms with Crippen LogP contribution in [0.2, 0.25) is 0 Å². The van der Waals surface area contributed by atoms with Gasteiger partial charge in [-0.3, -0.25) is 14.5 Å². The molecule has 0 amide bonds. The standard InChI is InChI=1S/C10H15NO3/c1-14-10(13)9-3-2-7-6-8(12)4-5-11(7)9/h7,9H,2-6H2,1H3/t7-,9-/m0/s1. The van der Waals surface area contributed by atoms with E-state index in [1.807, 2.05) is 0 Å². The zero-order valence-corrected chi connectivity index (χ0v) is 8.36. The highest BCUT2D eigenvalue weighted by Crippen LogP contribution is 2.30. The van der Waals surface area contributed by atoms with Gasteiger partial charge in [-0.1, -0.05) is 0 Å². The van der Waals surface area contributed by atoms with Crippen molar-refractivity contribution in [2.24, 2.45) is 0 Å². The van der Waals surface area contributed by atoms with E-state index in [0.29, 0.717) is 24.7 Å². The van der Waals surface area contributed by atoms with Gasteiger partial charge in [-0.2, -0.15) is 0 Å². The van der Waals surface area contributed by atoms with Crippen LogP contribution in [0.1, 0.15) is 25.7 Å². The number of fused-ring (bicyclic) bond motifs is 1. The van der Waals surface area contributed by atoms with Crippen molar-refractivity contribution in [3.63, 3.8) is 0 Å². The molecule has 0 radical (unpaired) electrons. The van der Waals surface area contributed by atoms with Crippen molar-refractivity contribution in [2.75, 3.05) is 13.7 Å². The van der Waals surface area contributed by atoms with E-state index in [-0.39, 0.29) is 12.0 Å². The molecule has 0 spiro atoms. The van der Waals surface area contributed by atoms with Crippen molar-refractivity contribution in [3.8, 4) is 0 Å². The summed E-state index contributed by atoms with van der Waals surface area (Å²) in [5.41, 5.74) is 0. The highest BCUT2D eigenvalue weighted by molar-refractivity contribution is 5.81. The van der Waals surface area contributed by atoms with E-state index in [2.05, 4.69) is 4.90 Å². The second-order valence-corrected chi connectivity index (χ2v) is 4.00. The molecular formula is C10H15NO3. The van der Waals surface area contributed by atoms with Crippen LogP contribution >= 0.6 is 0 Å². The molecule has 0 saturated carbocycles. The topological polar surface area (TPSA) is 46.6 Å². The largest absolute Gasteiger partial charge is 0.468 e. The van der Waals surface area contributed by atoms with Gasteiger partial charge < -0.3 is 4.74 Å². The average molecular weight is 197 g/mol. The number of hydrogen-bond acceptors (Lipinski definition) is 4. The van der Waals surface area contributed by atoms with Crippen molar-refractivity contribution in [1.29, 1.82) is 0 Å². The number of methoxy groups -OCH3 is 1. The highest BCUT2D eigenvalue weighted by atomic mass is 16.5. The van der Waals surface area contributed by atoms with E-state index < -0.39 is 0 Å². The second kappa shape index (κ2) is 3.69. The van der Waals surface area contributed by atoms with Gasteiger partial charge in [0.1, 0.15) is 11.8 Å². The first-order valence-corrected chi connectivity index (χ1v) is 5.07. The minimum Gasteiger partial charge on any atom is -0.468 e. The van der Waals surface area contributed by atoms with Gasteiger partial charge in [0.05, 0.1) is 7.11 Å². The van der Waals surface area contributed by atoms with Gasteiger partial charge in [-0.05, 0) is 12.8 Å². The van der Waals surface area contributed by atoms with Crippen LogP contribution in [0, 0.1) is 0 Å². The van der Waals surface area contributed by atoms with Crippen LogP contribution < -0.4 is 0 Å². The number of carbonyl (C=O) groups excluding carboxylic acids is 2. The molecule has 14 heavy (non-hydrogen) atoms. The van der Waals surface area contributed by atoms with Crippen molar-refractivity contribution in [3.05, 3.63) is 0 Å². The van der Waals surface area contributed by atoms with Crippen LogP contribution in [0.4, 0.5) is 0 Å². The predicted octanol–water partition coefficient (Wildman–Crippen LogP) is 0.355. The summed E-state index contributed by atoms with van der Waals surface area (Å²) in [7, 11) is 1.42. The first kappa shape index (κ1) is 9.65. The normalized spacial score (nSPS) is 32.8. The lowest BCUT2D eigenvalue weighted by atomic mass is 10.0. The molecule has 2 aliphatic heterocycles. The number of ketones is 1. The average Bonchev–Trinajstić information content (AvgIpc) is 2.59. The number of nitrogens with zero attached hydrogens (tertiary/aromatic N) is 1. The van der Waals surface area contributed by atoms with Gasteiger partial charge in [0.2, 0.25) is 0 Å². The monoisotopic (exact) mass is 197 g/mol. The third-order valence-corrected chi connectivity index (χ3v) is 3.23. The van der Waals surface area contributed by atoms with E-state index in [9.17, 15) is 9.59 Å². The maximum atomic E-state index is 11.4. The summed E-state index contributed by atoms with van der Waals surface area (Å²) in [4.78, 5) is 24.7. The molecule has 0 aromatic rings. The van der Waals surface area contributed by atoms with Crippen LogP contribution in [0.5, 0.6) is 0 Å². The van der Waals surface area contributed by atoms with E-state index >= 15 is 0 Å². The summed E-state index contributed by atoms with van der Waals surface area (Å²) < 4.78 is 4.74. The lowest BCUT2D eigenvalue weighted by Gasteiger charge is -2.31. The molecular weight excluding hydrogens is 182 g/mol. The number of carbonyl (C=O) groups is 2. The van der Waals surface area contributed by atoms with Crippen molar-refractivity contribution >= 4 is 11.8 Å². The molecule has 0 N–H and O–H groups in total. The Morgan fingerprint density at radius 1 is 1.50 bits per heavy atom. The van der Waals surface area contributed by atoms with Gasteiger partial charge in [0.25, 0.3) is 0 Å². The van der Waals surface area contributed by atoms with E-state index in [1.54, 1.807) is 0 Å². The lowest BCUT2D eigenvalue weighted by molar-refractivity contribution is -0.147. The van der Waals surface area contributed by atoms with Gasteiger partial charge >= 0.3 is 5.97 Å². The summed E-state index contributed by atoms with van der Waals surface area (Å²) in [5.74, 6) is 0.179. The Kier molecular flexibility index (Phi) is 2.54. The number of Topliss-reactive ketones (excluding diaryl/α,β-unsaturated/α-hetero) is 1. The molecule has 0 bridgehead atoms.